The molecule has 0 aliphatic carbocycles. The molecule has 6 nitrogen and oxygen atoms in total. The van der Waals surface area contributed by atoms with Gasteiger partial charge in [-0.25, -0.2) is 0 Å². The summed E-state index contributed by atoms with van der Waals surface area (Å²) in [4.78, 5) is 27.5. The van der Waals surface area contributed by atoms with Gasteiger partial charge in [0, 0.05) is 12.6 Å². The topological polar surface area (TPSA) is 67.9 Å². The van der Waals surface area contributed by atoms with Crippen molar-refractivity contribution in [1.82, 2.24) is 10.2 Å². The van der Waals surface area contributed by atoms with Gasteiger partial charge in [-0.15, -0.1) is 0 Å². The van der Waals surface area contributed by atoms with Gasteiger partial charge in [-0.2, -0.15) is 0 Å². The Morgan fingerprint density at radius 2 is 1.72 bits per heavy atom. The summed E-state index contributed by atoms with van der Waals surface area (Å²) in [6.07, 6.45) is 1.73. The van der Waals surface area contributed by atoms with Crippen LogP contribution in [0.3, 0.4) is 0 Å². The van der Waals surface area contributed by atoms with Gasteiger partial charge in [0.2, 0.25) is 5.91 Å². The van der Waals surface area contributed by atoms with E-state index in [-0.39, 0.29) is 31.0 Å². The third-order valence-electron chi connectivity index (χ3n) is 5.44. The highest BCUT2D eigenvalue weighted by molar-refractivity contribution is 9.10. The molecule has 0 unspecified atom stereocenters. The molecule has 0 saturated heterocycles. The molecule has 0 heterocycles. The number of rotatable bonds is 11. The van der Waals surface area contributed by atoms with E-state index in [4.69, 9.17) is 9.47 Å². The molecule has 2 aromatic rings. The van der Waals surface area contributed by atoms with E-state index in [1.807, 2.05) is 56.3 Å². The average molecular weight is 505 g/mol. The zero-order valence-electron chi connectivity index (χ0n) is 19.5. The smallest absolute Gasteiger partial charge is 0.261 e. The highest BCUT2D eigenvalue weighted by atomic mass is 79.9. The number of carbonyl (C=O) groups is 2. The first-order chi connectivity index (χ1) is 15.3. The van der Waals surface area contributed by atoms with E-state index in [0.717, 1.165) is 28.6 Å². The number of nitrogens with one attached hydrogen (secondary N) is 1. The van der Waals surface area contributed by atoms with Gasteiger partial charge in [0.15, 0.2) is 6.61 Å². The molecule has 1 N–H and O–H groups in total. The molecule has 0 aromatic heterocycles. The number of hydrogen-bond acceptors (Lipinski definition) is 4. The van der Waals surface area contributed by atoms with Gasteiger partial charge < -0.3 is 19.7 Å². The van der Waals surface area contributed by atoms with Crippen molar-refractivity contribution >= 4 is 27.7 Å². The summed E-state index contributed by atoms with van der Waals surface area (Å²) in [6, 6.07) is 12.6. The van der Waals surface area contributed by atoms with E-state index >= 15 is 0 Å². The predicted octanol–water partition coefficient (Wildman–Crippen LogP) is 4.73. The lowest BCUT2D eigenvalue weighted by Crippen LogP contribution is -2.50. The van der Waals surface area contributed by atoms with Gasteiger partial charge in [-0.05, 0) is 78.0 Å². The summed E-state index contributed by atoms with van der Waals surface area (Å²) in [5, 5.41) is 2.96. The number of amides is 2. The van der Waals surface area contributed by atoms with E-state index in [0.29, 0.717) is 5.75 Å². The fourth-order valence-corrected chi connectivity index (χ4v) is 3.62. The third-order valence-corrected chi connectivity index (χ3v) is 6.06. The highest BCUT2D eigenvalue weighted by Crippen LogP contribution is 2.26. The first-order valence-corrected chi connectivity index (χ1v) is 11.7. The quantitative estimate of drug-likeness (QED) is 0.480. The maximum absolute atomic E-state index is 13.2. The zero-order valence-corrected chi connectivity index (χ0v) is 21.1. The van der Waals surface area contributed by atoms with Crippen molar-refractivity contribution in [2.24, 2.45) is 0 Å². The number of halogens is 1. The SMILES string of the molecule is CCc1ccc(OCC(=O)N(Cc2ccc(OC)cc2)[C@@H](C)C(=O)N[C@@H](C)CC)c(Br)c1. The Hall–Kier alpha value is -2.54. The van der Waals surface area contributed by atoms with Crippen LogP contribution in [0.4, 0.5) is 0 Å². The average Bonchev–Trinajstić information content (AvgIpc) is 2.81. The summed E-state index contributed by atoms with van der Waals surface area (Å²) in [7, 11) is 1.61. The number of benzene rings is 2. The molecule has 0 saturated carbocycles. The van der Waals surface area contributed by atoms with Crippen molar-refractivity contribution < 1.29 is 19.1 Å². The van der Waals surface area contributed by atoms with E-state index in [2.05, 4.69) is 28.2 Å². The molecule has 0 spiro atoms. The van der Waals surface area contributed by atoms with Crippen LogP contribution in [-0.2, 0) is 22.6 Å². The molecule has 0 aliphatic rings. The molecule has 0 bridgehead atoms. The van der Waals surface area contributed by atoms with Crippen molar-refractivity contribution in [2.75, 3.05) is 13.7 Å². The predicted molar refractivity (Wildman–Crippen MR) is 130 cm³/mol. The number of nitrogens with zero attached hydrogens (tertiary/aromatic N) is 1. The van der Waals surface area contributed by atoms with Crippen LogP contribution >= 0.6 is 15.9 Å². The Morgan fingerprint density at radius 1 is 1.06 bits per heavy atom. The van der Waals surface area contributed by atoms with Crippen LogP contribution in [0.25, 0.3) is 0 Å². The summed E-state index contributed by atoms with van der Waals surface area (Å²) in [6.45, 7) is 7.89. The van der Waals surface area contributed by atoms with Gasteiger partial charge >= 0.3 is 0 Å². The summed E-state index contributed by atoms with van der Waals surface area (Å²) in [5.41, 5.74) is 2.07. The van der Waals surface area contributed by atoms with Gasteiger partial charge in [0.1, 0.15) is 17.5 Å². The van der Waals surface area contributed by atoms with Crippen molar-refractivity contribution in [3.05, 3.63) is 58.1 Å². The van der Waals surface area contributed by atoms with Crippen LogP contribution in [0.1, 0.15) is 45.2 Å². The van der Waals surface area contributed by atoms with Gasteiger partial charge in [0.25, 0.3) is 5.91 Å². The summed E-state index contributed by atoms with van der Waals surface area (Å²) >= 11 is 3.50. The van der Waals surface area contributed by atoms with Crippen molar-refractivity contribution in [3.8, 4) is 11.5 Å². The van der Waals surface area contributed by atoms with E-state index < -0.39 is 6.04 Å². The Bertz CT molecular complexity index is 901. The van der Waals surface area contributed by atoms with Gasteiger partial charge in [-0.1, -0.05) is 32.0 Å². The summed E-state index contributed by atoms with van der Waals surface area (Å²) < 4.78 is 11.8. The first kappa shape index (κ1) is 25.7. The normalized spacial score (nSPS) is 12.6. The minimum atomic E-state index is -0.645. The largest absolute Gasteiger partial charge is 0.497 e. The van der Waals surface area contributed by atoms with Crippen LogP contribution in [0, 0.1) is 0 Å². The number of aryl methyl sites for hydroxylation is 1. The Morgan fingerprint density at radius 3 is 2.28 bits per heavy atom. The Kier molecular flexibility index (Phi) is 10.0. The maximum atomic E-state index is 13.2. The van der Waals surface area contributed by atoms with Crippen LogP contribution in [0.2, 0.25) is 0 Å². The molecule has 2 atom stereocenters. The lowest BCUT2D eigenvalue weighted by molar-refractivity contribution is -0.142. The standard InChI is InChI=1S/C25H33BrN2O4/c1-6-17(3)27-25(30)18(4)28(15-20-8-11-21(31-5)12-9-20)24(29)16-32-23-13-10-19(7-2)14-22(23)26/h8-14,17-18H,6-7,15-16H2,1-5H3,(H,27,30)/t17-,18-/m0/s1. The third kappa shape index (κ3) is 7.26. The van der Waals surface area contributed by atoms with E-state index in [1.165, 1.54) is 5.56 Å². The molecule has 32 heavy (non-hydrogen) atoms. The lowest BCUT2D eigenvalue weighted by Gasteiger charge is -2.29. The van der Waals surface area contributed by atoms with Crippen molar-refractivity contribution in [1.29, 1.82) is 0 Å². The molecule has 0 aliphatic heterocycles. The van der Waals surface area contributed by atoms with Crippen LogP contribution in [0.15, 0.2) is 46.9 Å². The van der Waals surface area contributed by atoms with Gasteiger partial charge in [-0.3, -0.25) is 9.59 Å². The molecule has 174 valence electrons. The minimum absolute atomic E-state index is 0.0344. The number of methoxy groups -OCH3 is 1. The second-order valence-electron chi connectivity index (χ2n) is 7.77. The van der Waals surface area contributed by atoms with Crippen LogP contribution < -0.4 is 14.8 Å². The second kappa shape index (κ2) is 12.5. The van der Waals surface area contributed by atoms with Crippen LogP contribution in [0.5, 0.6) is 11.5 Å². The summed E-state index contributed by atoms with van der Waals surface area (Å²) in [5.74, 6) is 0.878. The second-order valence-corrected chi connectivity index (χ2v) is 8.62. The number of hydrogen-bond donors (Lipinski definition) is 1. The Labute approximate surface area is 199 Å². The van der Waals surface area contributed by atoms with E-state index in [1.54, 1.807) is 18.9 Å². The fraction of sp³-hybridized carbons (Fsp3) is 0.440. The van der Waals surface area contributed by atoms with Gasteiger partial charge in [0.05, 0.1) is 11.6 Å². The molecular weight excluding hydrogens is 472 g/mol. The molecule has 0 fully saturated rings. The molecule has 0 radical (unpaired) electrons. The molecule has 2 rings (SSSR count). The number of carbonyl (C=O) groups excluding carboxylic acids is 2. The monoisotopic (exact) mass is 504 g/mol. The fourth-order valence-electron chi connectivity index (χ4n) is 3.08. The Balaban J connectivity index is 2.17. The minimum Gasteiger partial charge on any atom is -0.497 e. The molecule has 7 heteroatoms. The van der Waals surface area contributed by atoms with Crippen LogP contribution in [-0.4, -0.2) is 42.5 Å². The number of ether oxygens (including phenoxy) is 2. The highest BCUT2D eigenvalue weighted by Gasteiger charge is 2.27. The maximum Gasteiger partial charge on any atom is 0.261 e. The molecule has 2 amide bonds. The molecule has 2 aromatic carbocycles. The zero-order chi connectivity index (χ0) is 23.7. The van der Waals surface area contributed by atoms with Crippen molar-refractivity contribution in [2.45, 2.75) is 59.2 Å². The molecular formula is C25H33BrN2O4. The van der Waals surface area contributed by atoms with E-state index in [9.17, 15) is 9.59 Å². The lowest BCUT2D eigenvalue weighted by atomic mass is 10.1. The van der Waals surface area contributed by atoms with Crippen molar-refractivity contribution in [3.63, 3.8) is 0 Å². The first-order valence-electron chi connectivity index (χ1n) is 10.9.